The molecule has 2 aromatic carbocycles. The highest BCUT2D eigenvalue weighted by atomic mass is 16.5. The highest BCUT2D eigenvalue weighted by molar-refractivity contribution is 6.10. The van der Waals surface area contributed by atoms with Gasteiger partial charge in [-0.1, -0.05) is 12.1 Å². The molecule has 0 aliphatic heterocycles. The summed E-state index contributed by atoms with van der Waals surface area (Å²) in [6.45, 7) is 9.69. The van der Waals surface area contributed by atoms with Gasteiger partial charge in [-0.25, -0.2) is 4.99 Å². The van der Waals surface area contributed by atoms with Crippen LogP contribution in [0.5, 0.6) is 5.75 Å². The summed E-state index contributed by atoms with van der Waals surface area (Å²) in [5.74, 6) is 0.968. The van der Waals surface area contributed by atoms with E-state index in [0.717, 1.165) is 28.2 Å². The lowest BCUT2D eigenvalue weighted by molar-refractivity contribution is 0.101. The van der Waals surface area contributed by atoms with Crippen LogP contribution in [0.25, 0.3) is 0 Å². The fraction of sp³-hybridized carbons (Fsp3) is 0.348. The topological polar surface area (TPSA) is 71.7 Å². The molecule has 2 aromatic rings. The quantitative estimate of drug-likeness (QED) is 0.419. The Kier molecular flexibility index (Phi) is 7.24. The first-order valence-corrected chi connectivity index (χ1v) is 9.27. The number of aryl methyl sites for hydroxylation is 1. The maximum Gasteiger partial charge on any atom is 0.160 e. The molecule has 0 spiro atoms. The first-order valence-electron chi connectivity index (χ1n) is 9.27. The molecule has 0 aliphatic rings. The molecular weight excluding hydrogens is 352 g/mol. The Hall–Kier alpha value is -2.79. The van der Waals surface area contributed by atoms with Gasteiger partial charge in [-0.2, -0.15) is 0 Å². The van der Waals surface area contributed by atoms with Gasteiger partial charge < -0.3 is 9.47 Å². The summed E-state index contributed by atoms with van der Waals surface area (Å²) in [7, 11) is 1.65. The predicted molar refractivity (Wildman–Crippen MR) is 113 cm³/mol. The van der Waals surface area contributed by atoms with Crippen molar-refractivity contribution in [3.63, 3.8) is 0 Å². The standard InChI is InChI=1S/C23H28N2O3/c1-14(2)28-22-10-8-18(12-20(22)13-27-6)16(4)25-23(24)19-7-9-21(17(5)26)15(3)11-19/h7-12,14,24H,13H2,1-6H3. The van der Waals surface area contributed by atoms with Crippen molar-refractivity contribution in [2.45, 2.75) is 47.3 Å². The van der Waals surface area contributed by atoms with Crippen LogP contribution in [0.4, 0.5) is 0 Å². The first-order chi connectivity index (χ1) is 13.2. The molecule has 5 heteroatoms. The number of amidine groups is 1. The van der Waals surface area contributed by atoms with Gasteiger partial charge in [-0.05, 0) is 70.0 Å². The fourth-order valence-electron chi connectivity index (χ4n) is 2.94. The minimum absolute atomic E-state index is 0.0182. The largest absolute Gasteiger partial charge is 0.491 e. The van der Waals surface area contributed by atoms with Gasteiger partial charge in [0.05, 0.1) is 12.7 Å². The zero-order valence-corrected chi connectivity index (χ0v) is 17.4. The molecule has 2 rings (SSSR count). The number of hydrogen-bond donors (Lipinski definition) is 1. The zero-order chi connectivity index (χ0) is 20.8. The van der Waals surface area contributed by atoms with E-state index in [0.29, 0.717) is 17.7 Å². The van der Waals surface area contributed by atoms with E-state index in [1.165, 1.54) is 0 Å². The van der Waals surface area contributed by atoms with Crippen molar-refractivity contribution >= 4 is 17.3 Å². The second-order valence-corrected chi connectivity index (χ2v) is 7.05. The highest BCUT2D eigenvalue weighted by Crippen LogP contribution is 2.23. The Bertz CT molecular complexity index is 914. The third-order valence-corrected chi connectivity index (χ3v) is 4.30. The molecule has 5 nitrogen and oxygen atoms in total. The Morgan fingerprint density at radius 2 is 1.79 bits per heavy atom. The molecule has 0 atom stereocenters. The van der Waals surface area contributed by atoms with Crippen LogP contribution in [-0.4, -0.2) is 30.5 Å². The summed E-state index contributed by atoms with van der Waals surface area (Å²) in [5.41, 5.74) is 4.77. The van der Waals surface area contributed by atoms with Crippen molar-refractivity contribution in [1.29, 1.82) is 5.41 Å². The SMILES string of the molecule is COCc1cc(C(C)=NC(=N)c2ccc(C(C)=O)c(C)c2)ccc1OC(C)C. The van der Waals surface area contributed by atoms with Crippen molar-refractivity contribution in [3.8, 4) is 5.75 Å². The van der Waals surface area contributed by atoms with Crippen LogP contribution in [0.3, 0.4) is 0 Å². The Morgan fingerprint density at radius 1 is 1.11 bits per heavy atom. The number of ether oxygens (including phenoxy) is 2. The van der Waals surface area contributed by atoms with Crippen LogP contribution in [0, 0.1) is 12.3 Å². The average Bonchev–Trinajstić information content (AvgIpc) is 2.62. The molecule has 0 radical (unpaired) electrons. The average molecular weight is 380 g/mol. The van der Waals surface area contributed by atoms with Crippen molar-refractivity contribution in [3.05, 3.63) is 64.2 Å². The number of carbonyl (C=O) groups is 1. The third kappa shape index (κ3) is 5.36. The minimum atomic E-state index is 0.0182. The second kappa shape index (κ2) is 9.42. The molecule has 0 fully saturated rings. The summed E-state index contributed by atoms with van der Waals surface area (Å²) < 4.78 is 11.1. The number of hydrogen-bond acceptors (Lipinski definition) is 4. The molecule has 0 aromatic heterocycles. The number of Topliss-reactive ketones (excluding diaryl/α,β-unsaturated/α-hetero) is 1. The lowest BCUT2D eigenvalue weighted by Gasteiger charge is -2.15. The molecule has 148 valence electrons. The molecule has 0 saturated heterocycles. The number of ketones is 1. The van der Waals surface area contributed by atoms with Crippen LogP contribution in [0.2, 0.25) is 0 Å². The van der Waals surface area contributed by atoms with Gasteiger partial charge >= 0.3 is 0 Å². The van der Waals surface area contributed by atoms with E-state index < -0.39 is 0 Å². The van der Waals surface area contributed by atoms with Gasteiger partial charge in [0.25, 0.3) is 0 Å². The van der Waals surface area contributed by atoms with Crippen molar-refractivity contribution in [1.82, 2.24) is 0 Å². The summed E-state index contributed by atoms with van der Waals surface area (Å²) in [6.07, 6.45) is 0.0746. The number of benzene rings is 2. The molecule has 0 heterocycles. The Morgan fingerprint density at radius 3 is 2.36 bits per heavy atom. The summed E-state index contributed by atoms with van der Waals surface area (Å²) in [4.78, 5) is 16.0. The van der Waals surface area contributed by atoms with Crippen LogP contribution < -0.4 is 4.74 Å². The van der Waals surface area contributed by atoms with Crippen molar-refractivity contribution in [2.75, 3.05) is 7.11 Å². The first kappa shape index (κ1) is 21.5. The van der Waals surface area contributed by atoms with Crippen molar-refractivity contribution in [2.24, 2.45) is 4.99 Å². The van der Waals surface area contributed by atoms with Crippen LogP contribution in [0.1, 0.15) is 60.3 Å². The van der Waals surface area contributed by atoms with E-state index in [1.807, 2.05) is 52.0 Å². The van der Waals surface area contributed by atoms with Crippen LogP contribution in [-0.2, 0) is 11.3 Å². The maximum absolute atomic E-state index is 11.6. The number of carbonyl (C=O) groups excluding carboxylic acids is 1. The molecule has 28 heavy (non-hydrogen) atoms. The van der Waals surface area contributed by atoms with Gasteiger partial charge in [0.1, 0.15) is 5.75 Å². The number of nitrogens with one attached hydrogen (secondary N) is 1. The fourth-order valence-corrected chi connectivity index (χ4v) is 2.94. The van der Waals surface area contributed by atoms with Gasteiger partial charge in [0.2, 0.25) is 0 Å². The molecule has 0 unspecified atom stereocenters. The molecule has 0 amide bonds. The number of methoxy groups -OCH3 is 1. The summed E-state index contributed by atoms with van der Waals surface area (Å²) in [5, 5.41) is 8.33. The van der Waals surface area contributed by atoms with E-state index in [2.05, 4.69) is 4.99 Å². The predicted octanol–water partition coefficient (Wildman–Crippen LogP) is 4.97. The van der Waals surface area contributed by atoms with Gasteiger partial charge in [-0.15, -0.1) is 0 Å². The molecule has 1 N–H and O–H groups in total. The molecule has 0 saturated carbocycles. The van der Waals surface area contributed by atoms with Gasteiger partial charge in [-0.3, -0.25) is 10.2 Å². The monoisotopic (exact) mass is 380 g/mol. The lowest BCUT2D eigenvalue weighted by atomic mass is 10.0. The summed E-state index contributed by atoms with van der Waals surface area (Å²) in [6, 6.07) is 11.2. The molecule has 0 bridgehead atoms. The number of nitrogens with zero attached hydrogens (tertiary/aromatic N) is 1. The zero-order valence-electron chi connectivity index (χ0n) is 17.4. The second-order valence-electron chi connectivity index (χ2n) is 7.05. The lowest BCUT2D eigenvalue weighted by Crippen LogP contribution is -2.09. The maximum atomic E-state index is 11.6. The Balaban J connectivity index is 2.31. The normalized spacial score (nSPS) is 11.6. The number of aliphatic imine (C=N–C) groups is 1. The van der Waals surface area contributed by atoms with Crippen LogP contribution >= 0.6 is 0 Å². The Labute approximate surface area is 166 Å². The van der Waals surface area contributed by atoms with E-state index in [4.69, 9.17) is 14.9 Å². The smallest absolute Gasteiger partial charge is 0.160 e. The summed E-state index contributed by atoms with van der Waals surface area (Å²) >= 11 is 0. The molecule has 0 aliphatic carbocycles. The van der Waals surface area contributed by atoms with Gasteiger partial charge in [0, 0.05) is 29.5 Å². The van der Waals surface area contributed by atoms with E-state index in [9.17, 15) is 4.79 Å². The van der Waals surface area contributed by atoms with Crippen molar-refractivity contribution < 1.29 is 14.3 Å². The number of rotatable bonds is 7. The minimum Gasteiger partial charge on any atom is -0.491 e. The van der Waals surface area contributed by atoms with E-state index in [1.54, 1.807) is 26.2 Å². The van der Waals surface area contributed by atoms with E-state index >= 15 is 0 Å². The molecular formula is C23H28N2O3. The highest BCUT2D eigenvalue weighted by Gasteiger charge is 2.11. The van der Waals surface area contributed by atoms with Gasteiger partial charge in [0.15, 0.2) is 11.6 Å². The van der Waals surface area contributed by atoms with E-state index in [-0.39, 0.29) is 17.7 Å². The third-order valence-electron chi connectivity index (χ3n) is 4.30. The van der Waals surface area contributed by atoms with Crippen LogP contribution in [0.15, 0.2) is 41.4 Å².